The summed E-state index contributed by atoms with van der Waals surface area (Å²) in [4.78, 5) is 12.6. The molecular weight excluding hydrogens is 891 g/mol. The molecule has 3 fully saturated rings. The number of hydrogen-bond donors (Lipinski definition) is 0. The molecule has 7 aromatic rings. The van der Waals surface area contributed by atoms with Crippen molar-refractivity contribution < 1.29 is 30.0 Å². The molecule has 1 unspecified atom stereocenters. The quantitative estimate of drug-likeness (QED) is 0.113. The molecule has 3 aliphatic rings. The zero-order valence-corrected chi connectivity index (χ0v) is 36.7. The number of benzene rings is 4. The van der Waals surface area contributed by atoms with Crippen LogP contribution in [0.25, 0.3) is 60.4 Å². The molecule has 3 heterocycles. The number of hydrogen-bond acceptors (Lipinski definition) is 3. The van der Waals surface area contributed by atoms with E-state index in [1.54, 1.807) is 24.4 Å². The van der Waals surface area contributed by atoms with Crippen molar-refractivity contribution in [1.29, 1.82) is 0 Å². The van der Waals surface area contributed by atoms with Crippen LogP contribution >= 0.6 is 0 Å². The Labute approximate surface area is 359 Å². The third-order valence-corrected chi connectivity index (χ3v) is 13.3. The molecule has 0 spiro atoms. The second-order valence-corrected chi connectivity index (χ2v) is 21.7. The molecule has 2 bridgehead atoms. The second-order valence-electron chi connectivity index (χ2n) is 16.7. The fourth-order valence-electron chi connectivity index (χ4n) is 8.47. The molecule has 6 heteroatoms. The molecule has 3 saturated carbocycles. The summed E-state index contributed by atoms with van der Waals surface area (Å²) in [5, 5.41) is 3.13. The van der Waals surface area contributed by atoms with Gasteiger partial charge < -0.3 is 14.4 Å². The predicted molar refractivity (Wildman–Crippen MR) is 235 cm³/mol. The van der Waals surface area contributed by atoms with E-state index < -0.39 is 20.8 Å². The van der Waals surface area contributed by atoms with E-state index in [4.69, 9.17) is 16.5 Å². The van der Waals surface area contributed by atoms with Crippen molar-refractivity contribution >= 4 is 40.9 Å². The molecule has 1 radical (unpaired) electrons. The van der Waals surface area contributed by atoms with Crippen LogP contribution in [0.5, 0.6) is 0 Å². The van der Waals surface area contributed by atoms with Crippen molar-refractivity contribution in [1.82, 2.24) is 9.97 Å². The van der Waals surface area contributed by atoms with Crippen LogP contribution in [0.3, 0.4) is 0 Å². The number of furan rings is 1. The minimum absolute atomic E-state index is 0. The number of nitrogens with zero attached hydrogens (tertiary/aromatic N) is 3. The Bertz CT molecular complexity index is 2710. The van der Waals surface area contributed by atoms with Gasteiger partial charge >= 0.3 is 0 Å². The Kier molecular flexibility index (Phi) is 10.9. The maximum Gasteiger partial charge on any atom is 0.121 e. The molecule has 4 nitrogen and oxygen atoms in total. The van der Waals surface area contributed by atoms with Crippen LogP contribution in [0, 0.1) is 42.4 Å². The van der Waals surface area contributed by atoms with E-state index >= 15 is 0 Å². The smallest absolute Gasteiger partial charge is 0.121 e. The van der Waals surface area contributed by atoms with Crippen LogP contribution < -0.4 is 5.19 Å². The van der Waals surface area contributed by atoms with Crippen molar-refractivity contribution in [2.75, 3.05) is 0 Å². The predicted octanol–water partition coefficient (Wildman–Crippen LogP) is 13.3. The van der Waals surface area contributed by atoms with Gasteiger partial charge in [-0.3, -0.25) is 4.85 Å². The normalized spacial score (nSPS) is 19.1. The monoisotopic (exact) mass is 946 g/mol. The second kappa shape index (κ2) is 17.5. The van der Waals surface area contributed by atoms with Crippen molar-refractivity contribution in [2.45, 2.75) is 78.3 Å². The van der Waals surface area contributed by atoms with Gasteiger partial charge in [-0.25, -0.2) is 0 Å². The number of fused-ring (bicyclic) bond motifs is 6. The maximum absolute atomic E-state index is 9.14. The van der Waals surface area contributed by atoms with Gasteiger partial charge in [-0.1, -0.05) is 123 Å². The van der Waals surface area contributed by atoms with Crippen LogP contribution in [0.15, 0.2) is 114 Å². The third-order valence-electron chi connectivity index (χ3n) is 11.3. The zero-order valence-electron chi connectivity index (χ0n) is 37.3. The van der Waals surface area contributed by atoms with Crippen LogP contribution in [0.4, 0.5) is 5.69 Å². The van der Waals surface area contributed by atoms with Crippen molar-refractivity contribution in [3.05, 3.63) is 144 Å². The first-order chi connectivity index (χ1) is 28.6. The van der Waals surface area contributed by atoms with Gasteiger partial charge in [0, 0.05) is 43.4 Å². The van der Waals surface area contributed by atoms with Crippen LogP contribution in [-0.4, -0.2) is 18.0 Å². The van der Waals surface area contributed by atoms with Crippen molar-refractivity contribution in [3.8, 4) is 33.6 Å². The molecule has 3 aromatic heterocycles. The van der Waals surface area contributed by atoms with Gasteiger partial charge in [-0.15, -0.1) is 42.0 Å². The first-order valence-corrected chi connectivity index (χ1v) is 23.4. The van der Waals surface area contributed by atoms with E-state index in [1.165, 1.54) is 25.7 Å². The third kappa shape index (κ3) is 9.08. The van der Waals surface area contributed by atoms with Gasteiger partial charge in [0.1, 0.15) is 11.3 Å². The standard InChI is InChI=1S/C32H28NO.C19H23N2Si.Ir/c1-2-5-23(6-3-1)25-13-14-27-28-7-4-8-29(32(28)34-31(27)20-25)30-19-22(15-16-33-30)18-26-17-21-9-11-24(26)12-10-21;1-14(2)10-16-12-18(21-13-19(16)22(4,5)6)15-8-7-9-17(11-15)20-3;/h1-7,13-16,19-21,24,26H,9-12,17-18H2;7,9,11-14H,10H2,1-2,4-6H3;/q2*-1;/i18D2;10D2;. The summed E-state index contributed by atoms with van der Waals surface area (Å²) in [6, 6.07) is 37.9. The topological polar surface area (TPSA) is 43.3 Å². The fraction of sp³-hybridized carbons (Fsp3) is 0.314. The summed E-state index contributed by atoms with van der Waals surface area (Å²) in [6.45, 7) is 17.6. The maximum atomic E-state index is 9.14. The first kappa shape index (κ1) is 35.5. The largest absolute Gasteiger partial charge is 0.501 e. The molecule has 1 atom stereocenters. The summed E-state index contributed by atoms with van der Waals surface area (Å²) in [5.74, 6) is 1.13. The molecule has 57 heavy (non-hydrogen) atoms. The Morgan fingerprint density at radius 2 is 1.65 bits per heavy atom. The molecule has 291 valence electrons. The summed E-state index contributed by atoms with van der Waals surface area (Å²) < 4.78 is 41.9. The Morgan fingerprint density at radius 3 is 2.37 bits per heavy atom. The number of aromatic nitrogens is 2. The van der Waals surface area contributed by atoms with E-state index in [0.717, 1.165) is 66.9 Å². The molecule has 0 aliphatic heterocycles. The van der Waals surface area contributed by atoms with E-state index in [2.05, 4.69) is 76.9 Å². The molecular formula is C51H51IrN3OSi-2. The Morgan fingerprint density at radius 1 is 0.860 bits per heavy atom. The molecule has 0 saturated heterocycles. The van der Waals surface area contributed by atoms with Gasteiger partial charge in [-0.2, -0.15) is 6.07 Å². The average Bonchev–Trinajstić information content (AvgIpc) is 3.65. The van der Waals surface area contributed by atoms with Crippen LogP contribution in [0.2, 0.25) is 19.6 Å². The molecule has 0 amide bonds. The minimum Gasteiger partial charge on any atom is -0.501 e. The van der Waals surface area contributed by atoms with Crippen molar-refractivity contribution in [2.24, 2.45) is 23.7 Å². The number of rotatable bonds is 8. The fourth-order valence-corrected chi connectivity index (χ4v) is 9.87. The van der Waals surface area contributed by atoms with Gasteiger partial charge in [0.2, 0.25) is 0 Å². The summed E-state index contributed by atoms with van der Waals surface area (Å²) in [6.07, 6.45) is 6.67. The van der Waals surface area contributed by atoms with Crippen molar-refractivity contribution in [3.63, 3.8) is 0 Å². The summed E-state index contributed by atoms with van der Waals surface area (Å²) in [7, 11) is -1.74. The van der Waals surface area contributed by atoms with Crippen LogP contribution in [0.1, 0.15) is 62.6 Å². The van der Waals surface area contributed by atoms with Crippen LogP contribution in [-0.2, 0) is 32.9 Å². The van der Waals surface area contributed by atoms with E-state index in [1.807, 2.05) is 68.6 Å². The van der Waals surface area contributed by atoms with E-state index in [-0.39, 0.29) is 31.9 Å². The van der Waals surface area contributed by atoms with Gasteiger partial charge in [-0.05, 0) is 95.5 Å². The zero-order chi connectivity index (χ0) is 42.4. The average molecular weight is 946 g/mol. The van der Waals surface area contributed by atoms with Gasteiger partial charge in [0.25, 0.3) is 0 Å². The summed E-state index contributed by atoms with van der Waals surface area (Å²) >= 11 is 0. The molecule has 10 rings (SSSR count). The molecule has 0 N–H and O–H groups in total. The van der Waals surface area contributed by atoms with Gasteiger partial charge in [0.15, 0.2) is 0 Å². The first-order valence-electron chi connectivity index (χ1n) is 21.9. The summed E-state index contributed by atoms with van der Waals surface area (Å²) in [5.41, 5.74) is 8.72. The molecule has 4 aromatic carbocycles. The molecule has 3 aliphatic carbocycles. The number of pyridine rings is 2. The van der Waals surface area contributed by atoms with Gasteiger partial charge in [0.05, 0.1) is 20.2 Å². The van der Waals surface area contributed by atoms with E-state index in [9.17, 15) is 0 Å². The Balaban J connectivity index is 0.000000197. The Hall–Kier alpha value is -4.66. The SMILES string of the molecule is [2H]C([2H])(c1cc(-c2[c-]ccc([N+]#[C-])c2)ncc1[Si](C)(C)C)C(C)C.[2H]C([2H])(c1ccnc(-c2[c-]ccc3c2oc2cc(-c4ccccc4)ccc23)c1)C1CC2CCC1CC2.[Ir]. The minimum atomic E-state index is -1.74. The van der Waals surface area contributed by atoms with E-state index in [0.29, 0.717) is 28.9 Å².